The van der Waals surface area contributed by atoms with Crippen LogP contribution in [0.1, 0.15) is 76.5 Å². The molecule has 0 aliphatic carbocycles. The first-order chi connectivity index (χ1) is 20.1. The van der Waals surface area contributed by atoms with Gasteiger partial charge in [-0.25, -0.2) is 18.6 Å². The number of hydrogen-bond acceptors (Lipinski definition) is 8. The lowest BCUT2D eigenvalue weighted by Gasteiger charge is -2.35. The highest BCUT2D eigenvalue weighted by Crippen LogP contribution is 2.42. The number of carbonyl (C=O) groups is 3. The standard InChI is InChI=1S/C31H31BrF2N2O7/c1-5-31(43-25(38)10-12-30(33,34)11-9-24(37)42-29(2,3)4)20-14-23-26-17(13-18-21(32)7-6-8-22(18)35-26)15-36(23)27(39)19(20)16-41-28(31)40/h6-8,13-14H,5,9-12,15-16H2,1-4H3/t31-/m0/s1. The van der Waals surface area contributed by atoms with E-state index in [1.54, 1.807) is 33.8 Å². The van der Waals surface area contributed by atoms with Crippen molar-refractivity contribution in [3.8, 4) is 11.4 Å². The Morgan fingerprint density at radius 1 is 1.12 bits per heavy atom. The second-order valence-electron chi connectivity index (χ2n) is 11.8. The van der Waals surface area contributed by atoms with E-state index in [1.165, 1.54) is 4.57 Å². The summed E-state index contributed by atoms with van der Waals surface area (Å²) in [5, 5.41) is 0.880. The van der Waals surface area contributed by atoms with Crippen LogP contribution in [-0.4, -0.2) is 39.0 Å². The Kier molecular flexibility index (Phi) is 7.95. The van der Waals surface area contributed by atoms with Crippen molar-refractivity contribution in [3.63, 3.8) is 0 Å². The number of rotatable bonds is 8. The molecule has 0 saturated heterocycles. The second kappa shape index (κ2) is 11.1. The van der Waals surface area contributed by atoms with Gasteiger partial charge in [-0.3, -0.25) is 14.4 Å². The van der Waals surface area contributed by atoms with Gasteiger partial charge in [0.15, 0.2) is 0 Å². The Balaban J connectivity index is 1.41. The summed E-state index contributed by atoms with van der Waals surface area (Å²) in [5.41, 5.74) is -0.372. The summed E-state index contributed by atoms with van der Waals surface area (Å²) in [6.45, 7) is 6.43. The number of pyridine rings is 2. The maximum absolute atomic E-state index is 14.6. The fraction of sp³-hybridized carbons (Fsp3) is 0.452. The Morgan fingerprint density at radius 3 is 2.49 bits per heavy atom. The van der Waals surface area contributed by atoms with Gasteiger partial charge in [-0.05, 0) is 51.5 Å². The predicted octanol–water partition coefficient (Wildman–Crippen LogP) is 5.93. The lowest BCUT2D eigenvalue weighted by molar-refractivity contribution is -0.190. The molecule has 228 valence electrons. The largest absolute Gasteiger partial charge is 0.460 e. The molecule has 0 N–H and O–H groups in total. The Bertz CT molecular complexity index is 1710. The SMILES string of the molecule is CC[C@@]1(OC(=O)CCC(F)(F)CCC(=O)OC(C)(C)C)C(=O)OCc2c1cc1n(c2=O)Cc2cc3c(Br)cccc3nc2-1. The molecule has 5 rings (SSSR count). The molecule has 0 saturated carbocycles. The van der Waals surface area contributed by atoms with Gasteiger partial charge in [0.05, 0.1) is 41.9 Å². The molecular formula is C31H31BrF2N2O7. The van der Waals surface area contributed by atoms with Crippen molar-refractivity contribution >= 4 is 44.7 Å². The maximum atomic E-state index is 14.6. The van der Waals surface area contributed by atoms with E-state index >= 15 is 0 Å². The Morgan fingerprint density at radius 2 is 1.81 bits per heavy atom. The predicted molar refractivity (Wildman–Crippen MR) is 155 cm³/mol. The zero-order valence-corrected chi connectivity index (χ0v) is 25.8. The fourth-order valence-corrected chi connectivity index (χ4v) is 5.93. The number of nitrogens with zero attached hydrogens (tertiary/aromatic N) is 2. The minimum atomic E-state index is -3.35. The van der Waals surface area contributed by atoms with Crippen molar-refractivity contribution in [1.29, 1.82) is 0 Å². The van der Waals surface area contributed by atoms with Gasteiger partial charge >= 0.3 is 17.9 Å². The molecule has 12 heteroatoms. The molecule has 0 spiro atoms. The van der Waals surface area contributed by atoms with Gasteiger partial charge in [0.2, 0.25) is 11.5 Å². The summed E-state index contributed by atoms with van der Waals surface area (Å²) in [6, 6.07) is 9.15. The third-order valence-electron chi connectivity index (χ3n) is 7.56. The minimum absolute atomic E-state index is 0.0898. The van der Waals surface area contributed by atoms with E-state index in [9.17, 15) is 28.0 Å². The minimum Gasteiger partial charge on any atom is -0.460 e. The number of cyclic esters (lactones) is 1. The van der Waals surface area contributed by atoms with E-state index in [1.807, 2.05) is 24.3 Å². The van der Waals surface area contributed by atoms with Crippen LogP contribution in [0, 0.1) is 0 Å². The summed E-state index contributed by atoms with van der Waals surface area (Å²) < 4.78 is 47.5. The van der Waals surface area contributed by atoms with Crippen LogP contribution in [-0.2, 0) is 47.3 Å². The lowest BCUT2D eigenvalue weighted by atomic mass is 9.85. The first-order valence-electron chi connectivity index (χ1n) is 14.0. The van der Waals surface area contributed by atoms with Crippen LogP contribution in [0.15, 0.2) is 39.6 Å². The molecule has 3 aromatic rings. The summed E-state index contributed by atoms with van der Waals surface area (Å²) in [4.78, 5) is 56.4. The number of fused-ring (bicyclic) bond motifs is 5. The van der Waals surface area contributed by atoms with Crippen molar-refractivity contribution in [2.75, 3.05) is 0 Å². The van der Waals surface area contributed by atoms with Crippen molar-refractivity contribution < 1.29 is 37.4 Å². The summed E-state index contributed by atoms with van der Waals surface area (Å²) in [5.74, 6) is -6.06. The first-order valence-corrected chi connectivity index (χ1v) is 14.8. The molecule has 4 heterocycles. The van der Waals surface area contributed by atoms with Gasteiger partial charge in [-0.15, -0.1) is 0 Å². The van der Waals surface area contributed by atoms with Crippen LogP contribution in [0.5, 0.6) is 0 Å². The van der Waals surface area contributed by atoms with Crippen LogP contribution >= 0.6 is 15.9 Å². The number of aromatic nitrogens is 2. The normalized spacial score (nSPS) is 17.6. The van der Waals surface area contributed by atoms with E-state index < -0.39 is 66.3 Å². The number of hydrogen-bond donors (Lipinski definition) is 0. The van der Waals surface area contributed by atoms with E-state index in [-0.39, 0.29) is 30.7 Å². The summed E-state index contributed by atoms with van der Waals surface area (Å²) in [7, 11) is 0. The van der Waals surface area contributed by atoms with E-state index in [0.717, 1.165) is 15.4 Å². The molecule has 0 fully saturated rings. The van der Waals surface area contributed by atoms with E-state index in [0.29, 0.717) is 16.9 Å². The average molecular weight is 661 g/mol. The van der Waals surface area contributed by atoms with Gasteiger partial charge in [0, 0.05) is 33.8 Å². The van der Waals surface area contributed by atoms with Gasteiger partial charge in [-0.2, -0.15) is 0 Å². The smallest absolute Gasteiger partial charge is 0.355 e. The highest BCUT2D eigenvalue weighted by Gasteiger charge is 2.50. The van der Waals surface area contributed by atoms with Crippen LogP contribution in [0.2, 0.25) is 0 Å². The van der Waals surface area contributed by atoms with Crippen molar-refractivity contribution in [3.05, 3.63) is 61.8 Å². The zero-order valence-electron chi connectivity index (χ0n) is 24.2. The Labute approximate surface area is 254 Å². The van der Waals surface area contributed by atoms with Gasteiger partial charge in [0.25, 0.3) is 5.56 Å². The van der Waals surface area contributed by atoms with Crippen LogP contribution in [0.4, 0.5) is 8.78 Å². The van der Waals surface area contributed by atoms with Crippen molar-refractivity contribution in [1.82, 2.24) is 9.55 Å². The third-order valence-corrected chi connectivity index (χ3v) is 8.26. The highest BCUT2D eigenvalue weighted by atomic mass is 79.9. The molecule has 0 amide bonds. The van der Waals surface area contributed by atoms with Gasteiger partial charge in [0.1, 0.15) is 12.2 Å². The van der Waals surface area contributed by atoms with E-state index in [4.69, 9.17) is 19.2 Å². The number of esters is 3. The average Bonchev–Trinajstić information content (AvgIpc) is 3.29. The molecule has 0 radical (unpaired) electrons. The topological polar surface area (TPSA) is 114 Å². The zero-order chi connectivity index (χ0) is 31.3. The molecule has 1 aromatic carbocycles. The summed E-state index contributed by atoms with van der Waals surface area (Å²) in [6.07, 6.45) is -3.04. The molecule has 2 aliphatic heterocycles. The molecular weight excluding hydrogens is 630 g/mol. The number of benzene rings is 1. The van der Waals surface area contributed by atoms with Crippen LogP contribution in [0.3, 0.4) is 0 Å². The fourth-order valence-electron chi connectivity index (χ4n) is 5.46. The first kappa shape index (κ1) is 30.8. The van der Waals surface area contributed by atoms with Crippen molar-refractivity contribution in [2.24, 2.45) is 0 Å². The second-order valence-corrected chi connectivity index (χ2v) is 12.6. The molecule has 9 nitrogen and oxygen atoms in total. The van der Waals surface area contributed by atoms with Gasteiger partial charge < -0.3 is 18.8 Å². The number of ether oxygens (including phenoxy) is 3. The maximum Gasteiger partial charge on any atom is 0.355 e. The number of halogens is 3. The van der Waals surface area contributed by atoms with Crippen molar-refractivity contribution in [2.45, 2.75) is 90.1 Å². The van der Waals surface area contributed by atoms with E-state index in [2.05, 4.69) is 15.9 Å². The monoisotopic (exact) mass is 660 g/mol. The molecule has 2 aromatic heterocycles. The third kappa shape index (κ3) is 5.93. The van der Waals surface area contributed by atoms with Gasteiger partial charge in [-0.1, -0.05) is 28.9 Å². The molecule has 43 heavy (non-hydrogen) atoms. The lowest BCUT2D eigenvalue weighted by Crippen LogP contribution is -2.47. The molecule has 0 bridgehead atoms. The molecule has 2 aliphatic rings. The number of alkyl halides is 2. The quantitative estimate of drug-likeness (QED) is 0.169. The molecule has 1 atom stereocenters. The van der Waals surface area contributed by atoms with Crippen LogP contribution in [0.25, 0.3) is 22.3 Å². The summed E-state index contributed by atoms with van der Waals surface area (Å²) >= 11 is 3.53. The Hall–Kier alpha value is -3.67. The molecule has 0 unspecified atom stereocenters. The number of carbonyl (C=O) groups excluding carboxylic acids is 3. The van der Waals surface area contributed by atoms with Crippen LogP contribution < -0.4 is 5.56 Å². The highest BCUT2D eigenvalue weighted by molar-refractivity contribution is 9.10.